The van der Waals surface area contributed by atoms with Crippen LogP contribution >= 0.6 is 15.9 Å². The molecule has 2 aromatic heterocycles. The molecule has 0 atom stereocenters. The molecule has 4 rings (SSSR count). The SMILES string of the molecule is Nc1nc(N2CCc3ccc(Br)cc32)c2nc[nH]c2n1. The summed E-state index contributed by atoms with van der Waals surface area (Å²) in [5, 5.41) is 0. The monoisotopic (exact) mass is 330 g/mol. The first-order valence-electron chi connectivity index (χ1n) is 6.25. The summed E-state index contributed by atoms with van der Waals surface area (Å²) in [6.45, 7) is 0.865. The Hall–Kier alpha value is -2.15. The number of halogens is 1. The Bertz CT molecular complexity index is 812. The second-order valence-electron chi connectivity index (χ2n) is 4.68. The van der Waals surface area contributed by atoms with E-state index in [4.69, 9.17) is 5.73 Å². The van der Waals surface area contributed by atoms with Gasteiger partial charge in [0.15, 0.2) is 17.0 Å². The number of imidazole rings is 1. The van der Waals surface area contributed by atoms with Gasteiger partial charge in [-0.05, 0) is 24.1 Å². The van der Waals surface area contributed by atoms with Crippen molar-refractivity contribution in [3.8, 4) is 0 Å². The van der Waals surface area contributed by atoms with Crippen molar-refractivity contribution in [1.82, 2.24) is 19.9 Å². The van der Waals surface area contributed by atoms with Crippen molar-refractivity contribution in [1.29, 1.82) is 0 Å². The van der Waals surface area contributed by atoms with Gasteiger partial charge in [0, 0.05) is 16.7 Å². The zero-order valence-corrected chi connectivity index (χ0v) is 12.1. The molecule has 0 unspecified atom stereocenters. The van der Waals surface area contributed by atoms with Crippen molar-refractivity contribution in [2.75, 3.05) is 17.2 Å². The highest BCUT2D eigenvalue weighted by molar-refractivity contribution is 9.10. The average molecular weight is 331 g/mol. The van der Waals surface area contributed by atoms with Gasteiger partial charge in [-0.1, -0.05) is 22.0 Å². The fourth-order valence-electron chi connectivity index (χ4n) is 2.60. The number of nitrogens with zero attached hydrogens (tertiary/aromatic N) is 4. The van der Waals surface area contributed by atoms with Gasteiger partial charge < -0.3 is 15.6 Å². The molecule has 3 aromatic rings. The summed E-state index contributed by atoms with van der Waals surface area (Å²) < 4.78 is 1.04. The molecule has 0 radical (unpaired) electrons. The number of fused-ring (bicyclic) bond motifs is 2. The molecule has 1 aromatic carbocycles. The smallest absolute Gasteiger partial charge is 0.224 e. The van der Waals surface area contributed by atoms with Crippen molar-refractivity contribution < 1.29 is 0 Å². The van der Waals surface area contributed by atoms with Crippen molar-refractivity contribution in [2.24, 2.45) is 0 Å². The molecule has 0 bridgehead atoms. The molecule has 0 fully saturated rings. The van der Waals surface area contributed by atoms with Gasteiger partial charge in [-0.15, -0.1) is 0 Å². The number of H-pyrrole nitrogens is 1. The Morgan fingerprint density at radius 3 is 3.10 bits per heavy atom. The average Bonchev–Trinajstić information content (AvgIpc) is 3.03. The number of nitrogen functional groups attached to an aromatic ring is 1. The summed E-state index contributed by atoms with van der Waals surface area (Å²) in [5.41, 5.74) is 9.64. The van der Waals surface area contributed by atoms with Gasteiger partial charge in [-0.25, -0.2) is 4.98 Å². The van der Waals surface area contributed by atoms with E-state index >= 15 is 0 Å². The molecular formula is C13H11BrN6. The van der Waals surface area contributed by atoms with Crippen LogP contribution in [0.1, 0.15) is 5.56 Å². The Morgan fingerprint density at radius 1 is 1.30 bits per heavy atom. The fraction of sp³-hybridized carbons (Fsp3) is 0.154. The van der Waals surface area contributed by atoms with E-state index < -0.39 is 0 Å². The van der Waals surface area contributed by atoms with Crippen LogP contribution in [0.15, 0.2) is 29.0 Å². The summed E-state index contributed by atoms with van der Waals surface area (Å²) >= 11 is 3.52. The molecular weight excluding hydrogens is 320 g/mol. The number of benzene rings is 1. The number of anilines is 3. The third-order valence-corrected chi connectivity index (χ3v) is 3.97. The van der Waals surface area contributed by atoms with E-state index in [0.29, 0.717) is 5.65 Å². The minimum absolute atomic E-state index is 0.250. The number of nitrogens with two attached hydrogens (primary N) is 1. The number of rotatable bonds is 1. The van der Waals surface area contributed by atoms with Crippen LogP contribution in [0, 0.1) is 0 Å². The minimum Gasteiger partial charge on any atom is -0.368 e. The normalized spacial score (nSPS) is 13.9. The second kappa shape index (κ2) is 4.17. The summed E-state index contributed by atoms with van der Waals surface area (Å²) in [4.78, 5) is 18.0. The van der Waals surface area contributed by atoms with Crippen molar-refractivity contribution in [3.05, 3.63) is 34.6 Å². The number of hydrogen-bond acceptors (Lipinski definition) is 5. The van der Waals surface area contributed by atoms with E-state index in [1.165, 1.54) is 5.56 Å². The van der Waals surface area contributed by atoms with Crippen LogP contribution in [-0.4, -0.2) is 26.5 Å². The molecule has 6 nitrogen and oxygen atoms in total. The van der Waals surface area contributed by atoms with Crippen molar-refractivity contribution in [2.45, 2.75) is 6.42 Å². The third kappa shape index (κ3) is 1.66. The first-order chi connectivity index (χ1) is 9.72. The van der Waals surface area contributed by atoms with Crippen LogP contribution in [-0.2, 0) is 6.42 Å². The quantitative estimate of drug-likeness (QED) is 0.715. The Kier molecular flexibility index (Phi) is 2.43. The molecule has 3 heterocycles. The number of nitrogens with one attached hydrogen (secondary N) is 1. The van der Waals surface area contributed by atoms with E-state index in [2.05, 4.69) is 59.0 Å². The van der Waals surface area contributed by atoms with Gasteiger partial charge in [0.05, 0.1) is 6.33 Å². The van der Waals surface area contributed by atoms with Gasteiger partial charge in [0.25, 0.3) is 0 Å². The molecule has 1 aliphatic heterocycles. The summed E-state index contributed by atoms with van der Waals surface area (Å²) in [6, 6.07) is 6.28. The van der Waals surface area contributed by atoms with Crippen LogP contribution in [0.5, 0.6) is 0 Å². The highest BCUT2D eigenvalue weighted by Crippen LogP contribution is 2.37. The minimum atomic E-state index is 0.250. The molecule has 0 spiro atoms. The maximum absolute atomic E-state index is 5.80. The van der Waals surface area contributed by atoms with Gasteiger partial charge in [-0.2, -0.15) is 9.97 Å². The van der Waals surface area contributed by atoms with Gasteiger partial charge in [0.1, 0.15) is 0 Å². The lowest BCUT2D eigenvalue weighted by Crippen LogP contribution is -2.16. The van der Waals surface area contributed by atoms with Gasteiger partial charge in [-0.3, -0.25) is 0 Å². The van der Waals surface area contributed by atoms with Gasteiger partial charge >= 0.3 is 0 Å². The molecule has 0 saturated carbocycles. The standard InChI is InChI=1S/C13H11BrN6/c14-8-2-1-7-3-4-20(9(7)5-8)12-10-11(17-6-16-10)18-13(15)19-12/h1-2,5-6H,3-4H2,(H3,15,16,17,18,19). The van der Waals surface area contributed by atoms with E-state index in [9.17, 15) is 0 Å². The topological polar surface area (TPSA) is 83.7 Å². The van der Waals surface area contributed by atoms with E-state index in [1.54, 1.807) is 6.33 Å². The Balaban J connectivity index is 1.94. The molecule has 100 valence electrons. The molecule has 7 heteroatoms. The number of hydrogen-bond donors (Lipinski definition) is 2. The second-order valence-corrected chi connectivity index (χ2v) is 5.60. The summed E-state index contributed by atoms with van der Waals surface area (Å²) in [5.74, 6) is 1.01. The zero-order chi connectivity index (χ0) is 13.7. The first-order valence-corrected chi connectivity index (χ1v) is 7.04. The zero-order valence-electron chi connectivity index (χ0n) is 10.5. The predicted octanol–water partition coefficient (Wildman–Crippen LogP) is 2.39. The van der Waals surface area contributed by atoms with Gasteiger partial charge in [0.2, 0.25) is 5.95 Å². The molecule has 0 saturated heterocycles. The van der Waals surface area contributed by atoms with Crippen molar-refractivity contribution in [3.63, 3.8) is 0 Å². The summed E-state index contributed by atoms with van der Waals surface area (Å²) in [7, 11) is 0. The third-order valence-electron chi connectivity index (χ3n) is 3.48. The lowest BCUT2D eigenvalue weighted by molar-refractivity contribution is 0.975. The largest absolute Gasteiger partial charge is 0.368 e. The number of aromatic amines is 1. The lowest BCUT2D eigenvalue weighted by atomic mass is 10.2. The highest BCUT2D eigenvalue weighted by Gasteiger charge is 2.24. The lowest BCUT2D eigenvalue weighted by Gasteiger charge is -2.18. The van der Waals surface area contributed by atoms with Crippen LogP contribution in [0.2, 0.25) is 0 Å². The van der Waals surface area contributed by atoms with E-state index in [1.807, 2.05) is 0 Å². The van der Waals surface area contributed by atoms with Crippen LogP contribution in [0.3, 0.4) is 0 Å². The predicted molar refractivity (Wildman–Crippen MR) is 80.9 cm³/mol. The molecule has 0 amide bonds. The first kappa shape index (κ1) is 11.7. The Morgan fingerprint density at radius 2 is 2.20 bits per heavy atom. The highest BCUT2D eigenvalue weighted by atomic mass is 79.9. The van der Waals surface area contributed by atoms with Crippen LogP contribution < -0.4 is 10.6 Å². The molecule has 0 aliphatic carbocycles. The maximum atomic E-state index is 5.80. The van der Waals surface area contributed by atoms with Crippen LogP contribution in [0.25, 0.3) is 11.2 Å². The summed E-state index contributed by atoms with van der Waals surface area (Å²) in [6.07, 6.45) is 2.60. The van der Waals surface area contributed by atoms with Crippen molar-refractivity contribution >= 4 is 44.5 Å². The van der Waals surface area contributed by atoms with E-state index in [0.717, 1.165) is 34.5 Å². The Labute approximate surface area is 123 Å². The van der Waals surface area contributed by atoms with E-state index in [-0.39, 0.29) is 5.95 Å². The maximum Gasteiger partial charge on any atom is 0.224 e. The molecule has 20 heavy (non-hydrogen) atoms. The number of aromatic nitrogens is 4. The molecule has 1 aliphatic rings. The fourth-order valence-corrected chi connectivity index (χ4v) is 2.95. The molecule has 3 N–H and O–H groups in total. The van der Waals surface area contributed by atoms with Crippen LogP contribution in [0.4, 0.5) is 17.5 Å².